The number of nitrogens with two attached hydrogens (primary N) is 1. The number of aryl methyl sites for hydroxylation is 1. The highest BCUT2D eigenvalue weighted by molar-refractivity contribution is 5.92. The van der Waals surface area contributed by atoms with Crippen LogP contribution in [0.3, 0.4) is 0 Å². The first-order valence-corrected chi connectivity index (χ1v) is 7.25. The van der Waals surface area contributed by atoms with Gasteiger partial charge in [-0.15, -0.1) is 0 Å². The topological polar surface area (TPSA) is 63.1 Å². The molecule has 4 nitrogen and oxygen atoms in total. The molecule has 1 aromatic carbocycles. The van der Waals surface area contributed by atoms with Crippen LogP contribution in [-0.4, -0.2) is 29.8 Å². The number of quaternary nitrogens is 1. The highest BCUT2D eigenvalue weighted by atomic mass is 16.6. The number of piperidine rings is 1. The van der Waals surface area contributed by atoms with Crippen molar-refractivity contribution in [1.82, 2.24) is 0 Å². The molecule has 1 aliphatic heterocycles. The van der Waals surface area contributed by atoms with Gasteiger partial charge in [0.15, 0.2) is 0 Å². The lowest BCUT2D eigenvalue weighted by Gasteiger charge is -2.35. The Morgan fingerprint density at radius 1 is 1.35 bits per heavy atom. The molecular weight excluding hydrogens is 254 g/mol. The lowest BCUT2D eigenvalue weighted by atomic mass is 9.83. The summed E-state index contributed by atoms with van der Waals surface area (Å²) in [6, 6.07) is 5.01. The zero-order valence-corrected chi connectivity index (χ0v) is 12.5. The molecule has 1 aromatic rings. The van der Waals surface area contributed by atoms with E-state index in [9.17, 15) is 9.90 Å². The third kappa shape index (κ3) is 3.31. The summed E-state index contributed by atoms with van der Waals surface area (Å²) in [5.41, 5.74) is 0.662. The van der Waals surface area contributed by atoms with E-state index < -0.39 is 11.6 Å². The Morgan fingerprint density at radius 3 is 2.60 bits per heavy atom. The van der Waals surface area contributed by atoms with Crippen molar-refractivity contribution in [2.24, 2.45) is 5.92 Å². The van der Waals surface area contributed by atoms with Gasteiger partial charge in [-0.25, -0.2) is 4.79 Å². The maximum atomic E-state index is 12.2. The second-order valence-electron chi connectivity index (χ2n) is 6.15. The van der Waals surface area contributed by atoms with Crippen LogP contribution in [-0.2, 0) is 4.74 Å². The minimum Gasteiger partial charge on any atom is -0.507 e. The maximum absolute atomic E-state index is 12.2. The number of carbonyl (C=O) groups is 1. The number of esters is 1. The average molecular weight is 278 g/mol. The standard InChI is InChI=1S/C16H23NO3/c1-11-4-5-13(14(18)10-11)15(19)20-16(2,3)12-6-8-17-9-7-12/h4-5,10,12,17-18H,6-9H2,1-3H3/p+1. The van der Waals surface area contributed by atoms with Crippen molar-refractivity contribution < 1.29 is 20.0 Å². The van der Waals surface area contributed by atoms with Gasteiger partial charge in [-0.1, -0.05) is 6.07 Å². The number of aromatic hydroxyl groups is 1. The third-order valence-electron chi connectivity index (χ3n) is 4.15. The van der Waals surface area contributed by atoms with Crippen LogP contribution >= 0.6 is 0 Å². The highest BCUT2D eigenvalue weighted by Gasteiger charge is 2.35. The van der Waals surface area contributed by atoms with Gasteiger partial charge in [-0.2, -0.15) is 0 Å². The number of phenols is 1. The first kappa shape index (κ1) is 14.9. The molecule has 0 spiro atoms. The van der Waals surface area contributed by atoms with Gasteiger partial charge in [0.1, 0.15) is 16.9 Å². The second-order valence-corrected chi connectivity index (χ2v) is 6.15. The Bertz CT molecular complexity index is 490. The summed E-state index contributed by atoms with van der Waals surface area (Å²) in [6.07, 6.45) is 2.11. The summed E-state index contributed by atoms with van der Waals surface area (Å²) < 4.78 is 5.67. The van der Waals surface area contributed by atoms with E-state index in [2.05, 4.69) is 5.32 Å². The molecule has 2 rings (SSSR count). The summed E-state index contributed by atoms with van der Waals surface area (Å²) in [4.78, 5) is 12.2. The molecule has 0 bridgehead atoms. The van der Waals surface area contributed by atoms with Crippen LogP contribution in [0, 0.1) is 12.8 Å². The van der Waals surface area contributed by atoms with Crippen LogP contribution < -0.4 is 5.32 Å². The number of hydrogen-bond donors (Lipinski definition) is 2. The van der Waals surface area contributed by atoms with Crippen molar-refractivity contribution in [1.29, 1.82) is 0 Å². The number of benzene rings is 1. The van der Waals surface area contributed by atoms with Crippen molar-refractivity contribution in [3.8, 4) is 5.75 Å². The molecule has 0 unspecified atom stereocenters. The Labute approximate surface area is 120 Å². The van der Waals surface area contributed by atoms with Crippen LogP contribution in [0.1, 0.15) is 42.6 Å². The molecule has 20 heavy (non-hydrogen) atoms. The van der Waals surface area contributed by atoms with E-state index in [1.165, 1.54) is 0 Å². The molecule has 0 amide bonds. The molecule has 0 aromatic heterocycles. The molecule has 0 aliphatic carbocycles. The molecule has 110 valence electrons. The van der Waals surface area contributed by atoms with Gasteiger partial charge in [0, 0.05) is 18.8 Å². The SMILES string of the molecule is Cc1ccc(C(=O)OC(C)(C)C2CC[NH2+]CC2)c(O)c1. The highest BCUT2D eigenvalue weighted by Crippen LogP contribution is 2.30. The number of hydrogen-bond acceptors (Lipinski definition) is 3. The molecule has 1 heterocycles. The molecule has 1 aliphatic rings. The summed E-state index contributed by atoms with van der Waals surface area (Å²) >= 11 is 0. The van der Waals surface area contributed by atoms with Gasteiger partial charge in [0.2, 0.25) is 0 Å². The number of phenolic OH excluding ortho intramolecular Hbond substituents is 1. The van der Waals surface area contributed by atoms with Gasteiger partial charge in [0.05, 0.1) is 13.1 Å². The molecule has 0 saturated carbocycles. The Balaban J connectivity index is 2.09. The van der Waals surface area contributed by atoms with Crippen LogP contribution in [0.5, 0.6) is 5.75 Å². The first-order valence-electron chi connectivity index (χ1n) is 7.25. The van der Waals surface area contributed by atoms with E-state index in [1.807, 2.05) is 20.8 Å². The lowest BCUT2D eigenvalue weighted by molar-refractivity contribution is -0.665. The van der Waals surface area contributed by atoms with Crippen LogP contribution in [0.15, 0.2) is 18.2 Å². The minimum atomic E-state index is -0.497. The van der Waals surface area contributed by atoms with E-state index in [0.717, 1.165) is 31.5 Å². The zero-order chi connectivity index (χ0) is 14.8. The Hall–Kier alpha value is -1.55. The predicted octanol–water partition coefficient (Wildman–Crippen LogP) is 1.61. The first-order chi connectivity index (χ1) is 9.40. The van der Waals surface area contributed by atoms with Crippen LogP contribution in [0.2, 0.25) is 0 Å². The summed E-state index contributed by atoms with van der Waals surface area (Å²) in [7, 11) is 0. The van der Waals surface area contributed by atoms with E-state index in [-0.39, 0.29) is 11.3 Å². The Kier molecular flexibility index (Phi) is 4.33. The molecule has 1 saturated heterocycles. The second kappa shape index (κ2) is 5.83. The van der Waals surface area contributed by atoms with Gasteiger partial charge >= 0.3 is 5.97 Å². The van der Waals surface area contributed by atoms with Crippen molar-refractivity contribution >= 4 is 5.97 Å². The van der Waals surface area contributed by atoms with Gasteiger partial charge in [-0.05, 0) is 38.5 Å². The summed E-state index contributed by atoms with van der Waals surface area (Å²) in [6.45, 7) is 7.97. The van der Waals surface area contributed by atoms with Gasteiger partial charge < -0.3 is 15.2 Å². The van der Waals surface area contributed by atoms with Gasteiger partial charge in [0.25, 0.3) is 0 Å². The van der Waals surface area contributed by atoms with Crippen molar-refractivity contribution in [3.05, 3.63) is 29.3 Å². The summed E-state index contributed by atoms with van der Waals surface area (Å²) in [5.74, 6) is -0.0751. The van der Waals surface area contributed by atoms with Crippen LogP contribution in [0.25, 0.3) is 0 Å². The van der Waals surface area contributed by atoms with E-state index in [4.69, 9.17) is 4.74 Å². The Morgan fingerprint density at radius 2 is 2.00 bits per heavy atom. The molecule has 0 atom stereocenters. The average Bonchev–Trinajstić information content (AvgIpc) is 2.39. The predicted molar refractivity (Wildman–Crippen MR) is 76.7 cm³/mol. The third-order valence-corrected chi connectivity index (χ3v) is 4.15. The van der Waals surface area contributed by atoms with E-state index in [0.29, 0.717) is 5.92 Å². The number of ether oxygens (including phenoxy) is 1. The lowest BCUT2D eigenvalue weighted by Crippen LogP contribution is -2.86. The number of carbonyl (C=O) groups excluding carboxylic acids is 1. The molecule has 3 N–H and O–H groups in total. The molecule has 0 radical (unpaired) electrons. The normalized spacial score (nSPS) is 16.9. The van der Waals surface area contributed by atoms with E-state index in [1.54, 1.807) is 18.2 Å². The molecule has 1 fully saturated rings. The van der Waals surface area contributed by atoms with Crippen molar-refractivity contribution in [3.63, 3.8) is 0 Å². The fraction of sp³-hybridized carbons (Fsp3) is 0.562. The monoisotopic (exact) mass is 278 g/mol. The van der Waals surface area contributed by atoms with Crippen molar-refractivity contribution in [2.75, 3.05) is 13.1 Å². The quantitative estimate of drug-likeness (QED) is 0.826. The number of rotatable bonds is 3. The minimum absolute atomic E-state index is 0.0113. The molecule has 4 heteroatoms. The fourth-order valence-corrected chi connectivity index (χ4v) is 2.81. The van der Waals surface area contributed by atoms with E-state index >= 15 is 0 Å². The smallest absolute Gasteiger partial charge is 0.342 e. The fourth-order valence-electron chi connectivity index (χ4n) is 2.81. The van der Waals surface area contributed by atoms with Crippen LogP contribution in [0.4, 0.5) is 0 Å². The maximum Gasteiger partial charge on any atom is 0.342 e. The zero-order valence-electron chi connectivity index (χ0n) is 12.5. The molecular formula is C16H24NO3+. The van der Waals surface area contributed by atoms with Crippen molar-refractivity contribution in [2.45, 2.75) is 39.2 Å². The van der Waals surface area contributed by atoms with Gasteiger partial charge in [-0.3, -0.25) is 0 Å². The largest absolute Gasteiger partial charge is 0.507 e. The summed E-state index contributed by atoms with van der Waals surface area (Å²) in [5, 5.41) is 12.2.